The summed E-state index contributed by atoms with van der Waals surface area (Å²) in [6.07, 6.45) is -3.06. The summed E-state index contributed by atoms with van der Waals surface area (Å²) in [6.45, 7) is 9.02. The van der Waals surface area contributed by atoms with Gasteiger partial charge in [0, 0.05) is 37.7 Å². The van der Waals surface area contributed by atoms with Crippen LogP contribution in [0.25, 0.3) is 0 Å². The van der Waals surface area contributed by atoms with E-state index in [2.05, 4.69) is 10.2 Å². The number of carbonyl (C=O) groups excluding carboxylic acids is 2. The van der Waals surface area contributed by atoms with E-state index in [1.807, 2.05) is 20.8 Å². The molecule has 9 heteroatoms. The van der Waals surface area contributed by atoms with Gasteiger partial charge in [-0.15, -0.1) is 0 Å². The van der Waals surface area contributed by atoms with E-state index in [1.54, 1.807) is 11.9 Å². The highest BCUT2D eigenvalue weighted by Gasteiger charge is 2.32. The highest BCUT2D eigenvalue weighted by Crippen LogP contribution is 2.30. The topological polar surface area (TPSA) is 52.6 Å². The minimum Gasteiger partial charge on any atom is -0.352 e. The summed E-state index contributed by atoms with van der Waals surface area (Å²) < 4.78 is 51.9. The van der Waals surface area contributed by atoms with Gasteiger partial charge in [-0.2, -0.15) is 13.2 Å². The molecule has 5 nitrogen and oxygen atoms in total. The van der Waals surface area contributed by atoms with Gasteiger partial charge in [0.05, 0.1) is 5.56 Å². The van der Waals surface area contributed by atoms with Crippen LogP contribution in [0, 0.1) is 17.2 Å². The summed E-state index contributed by atoms with van der Waals surface area (Å²) in [5, 5.41) is 2.63. The molecule has 1 N–H and O–H groups in total. The van der Waals surface area contributed by atoms with Crippen molar-refractivity contribution in [1.82, 2.24) is 15.1 Å². The zero-order valence-corrected chi connectivity index (χ0v) is 18.5. The number of amides is 2. The zero-order valence-electron chi connectivity index (χ0n) is 18.5. The van der Waals surface area contributed by atoms with E-state index in [4.69, 9.17) is 0 Å². The molecule has 0 spiro atoms. The number of hydrogen-bond donors (Lipinski definition) is 1. The molecule has 1 aliphatic heterocycles. The van der Waals surface area contributed by atoms with Gasteiger partial charge in [0.15, 0.2) is 0 Å². The number of nitrogens with one attached hydrogen (secondary N) is 1. The van der Waals surface area contributed by atoms with Gasteiger partial charge in [0.2, 0.25) is 5.91 Å². The maximum absolute atomic E-state index is 13.5. The molecule has 0 unspecified atom stereocenters. The van der Waals surface area contributed by atoms with Gasteiger partial charge in [-0.3, -0.25) is 9.59 Å². The van der Waals surface area contributed by atoms with Crippen LogP contribution in [0.2, 0.25) is 0 Å². The summed E-state index contributed by atoms with van der Waals surface area (Å²) in [5.74, 6) is -1.51. The number of benzene rings is 1. The Kier molecular flexibility index (Phi) is 8.08. The Balaban J connectivity index is 1.78. The molecule has 2 rings (SSSR count). The Labute approximate surface area is 180 Å². The Morgan fingerprint density at radius 1 is 1.13 bits per heavy atom. The van der Waals surface area contributed by atoms with Gasteiger partial charge in [-0.25, -0.2) is 4.39 Å². The van der Waals surface area contributed by atoms with Gasteiger partial charge in [-0.1, -0.05) is 20.8 Å². The summed E-state index contributed by atoms with van der Waals surface area (Å²) in [5.41, 5.74) is -1.93. The molecule has 31 heavy (non-hydrogen) atoms. The fourth-order valence-electron chi connectivity index (χ4n) is 3.60. The molecule has 0 aromatic heterocycles. The van der Waals surface area contributed by atoms with Crippen LogP contribution in [-0.2, 0) is 11.0 Å². The molecular weight excluding hydrogens is 414 g/mol. The number of halogens is 4. The van der Waals surface area contributed by atoms with Gasteiger partial charge >= 0.3 is 6.18 Å². The van der Waals surface area contributed by atoms with Gasteiger partial charge in [0.25, 0.3) is 5.91 Å². The van der Waals surface area contributed by atoms with Crippen LogP contribution in [0.3, 0.4) is 0 Å². The second-order valence-electron chi connectivity index (χ2n) is 9.20. The lowest BCUT2D eigenvalue weighted by atomic mass is 9.95. The standard InChI is InChI=1S/C22H31F4N3O2/c1-21(2,3)20(31)28(4)9-10-29-7-5-15(6-8-29)14-27-19(30)16-11-17(22(24,25)26)13-18(23)12-16/h11-13,15H,5-10,14H2,1-4H3,(H,27,30). The van der Waals surface area contributed by atoms with E-state index >= 15 is 0 Å². The SMILES string of the molecule is CN(CCN1CCC(CNC(=O)c2cc(F)cc(C(F)(F)F)c2)CC1)C(=O)C(C)(C)C. The van der Waals surface area contributed by atoms with Crippen LogP contribution < -0.4 is 5.32 Å². The lowest BCUT2D eigenvalue weighted by Crippen LogP contribution is -2.44. The largest absolute Gasteiger partial charge is 0.416 e. The van der Waals surface area contributed by atoms with E-state index in [9.17, 15) is 27.2 Å². The van der Waals surface area contributed by atoms with Crippen molar-refractivity contribution < 1.29 is 27.2 Å². The molecule has 1 aliphatic rings. The Morgan fingerprint density at radius 3 is 2.29 bits per heavy atom. The molecule has 1 aromatic rings. The summed E-state index contributed by atoms with van der Waals surface area (Å²) >= 11 is 0. The molecule has 1 heterocycles. The third-order valence-corrected chi connectivity index (χ3v) is 5.49. The summed E-state index contributed by atoms with van der Waals surface area (Å²) in [6, 6.07) is 1.85. The first-order chi connectivity index (χ1) is 14.3. The first-order valence-corrected chi connectivity index (χ1v) is 10.4. The number of piperidine rings is 1. The normalized spacial score (nSPS) is 16.3. The van der Waals surface area contributed by atoms with E-state index in [0.29, 0.717) is 25.2 Å². The van der Waals surface area contributed by atoms with Crippen molar-refractivity contribution >= 4 is 11.8 Å². The van der Waals surface area contributed by atoms with Gasteiger partial charge in [-0.05, 0) is 50.0 Å². The minimum absolute atomic E-state index is 0.0936. The smallest absolute Gasteiger partial charge is 0.352 e. The predicted octanol–water partition coefficient (Wildman–Crippen LogP) is 3.79. The molecule has 2 amide bonds. The van der Waals surface area contributed by atoms with Crippen LogP contribution in [0.4, 0.5) is 17.6 Å². The van der Waals surface area contributed by atoms with Gasteiger partial charge in [0.1, 0.15) is 5.82 Å². The Bertz CT molecular complexity index is 782. The lowest BCUT2D eigenvalue weighted by molar-refractivity contribution is -0.138. The maximum atomic E-state index is 13.5. The fraction of sp³-hybridized carbons (Fsp3) is 0.636. The van der Waals surface area contributed by atoms with E-state index in [0.717, 1.165) is 38.5 Å². The molecule has 0 saturated carbocycles. The second-order valence-corrected chi connectivity index (χ2v) is 9.20. The second kappa shape index (κ2) is 9.97. The number of alkyl halides is 3. The number of rotatable bonds is 6. The summed E-state index contributed by atoms with van der Waals surface area (Å²) in [4.78, 5) is 28.4. The monoisotopic (exact) mass is 445 g/mol. The van der Waals surface area contributed by atoms with Crippen molar-refractivity contribution in [3.8, 4) is 0 Å². The number of likely N-dealkylation sites (tertiary alicyclic amines) is 1. The van der Waals surface area contributed by atoms with Crippen molar-refractivity contribution in [2.75, 3.05) is 39.8 Å². The first kappa shape index (κ1) is 25.1. The van der Waals surface area contributed by atoms with Crippen molar-refractivity contribution in [3.05, 3.63) is 35.1 Å². The number of likely N-dealkylation sites (N-methyl/N-ethyl adjacent to an activating group) is 1. The fourth-order valence-corrected chi connectivity index (χ4v) is 3.60. The molecule has 1 aromatic carbocycles. The minimum atomic E-state index is -4.71. The van der Waals surface area contributed by atoms with Crippen molar-refractivity contribution in [2.45, 2.75) is 39.8 Å². The van der Waals surface area contributed by atoms with E-state index in [-0.39, 0.29) is 17.4 Å². The van der Waals surface area contributed by atoms with Crippen LogP contribution in [-0.4, -0.2) is 61.4 Å². The van der Waals surface area contributed by atoms with Crippen molar-refractivity contribution in [1.29, 1.82) is 0 Å². The Morgan fingerprint density at radius 2 is 1.74 bits per heavy atom. The molecule has 0 atom stereocenters. The maximum Gasteiger partial charge on any atom is 0.416 e. The molecule has 0 bridgehead atoms. The van der Waals surface area contributed by atoms with E-state index < -0.39 is 28.9 Å². The van der Waals surface area contributed by atoms with Gasteiger partial charge < -0.3 is 15.1 Å². The van der Waals surface area contributed by atoms with Crippen molar-refractivity contribution in [3.63, 3.8) is 0 Å². The van der Waals surface area contributed by atoms with Crippen LogP contribution in [0.5, 0.6) is 0 Å². The third-order valence-electron chi connectivity index (χ3n) is 5.49. The molecule has 1 fully saturated rings. The summed E-state index contributed by atoms with van der Waals surface area (Å²) in [7, 11) is 1.80. The van der Waals surface area contributed by atoms with E-state index in [1.165, 1.54) is 0 Å². The Hall–Kier alpha value is -2.16. The molecule has 0 radical (unpaired) electrons. The average Bonchev–Trinajstić information content (AvgIpc) is 2.68. The van der Waals surface area contributed by atoms with Crippen LogP contribution in [0.15, 0.2) is 18.2 Å². The highest BCUT2D eigenvalue weighted by molar-refractivity contribution is 5.94. The average molecular weight is 446 g/mol. The third kappa shape index (κ3) is 7.48. The molecular formula is C22H31F4N3O2. The number of carbonyl (C=O) groups is 2. The highest BCUT2D eigenvalue weighted by atomic mass is 19.4. The molecule has 174 valence electrons. The van der Waals surface area contributed by atoms with Crippen molar-refractivity contribution in [2.24, 2.45) is 11.3 Å². The quantitative estimate of drug-likeness (QED) is 0.678. The van der Waals surface area contributed by atoms with Crippen LogP contribution in [0.1, 0.15) is 49.5 Å². The lowest BCUT2D eigenvalue weighted by Gasteiger charge is -2.34. The number of nitrogens with zero attached hydrogens (tertiary/aromatic N) is 2. The zero-order chi connectivity index (χ0) is 23.4. The molecule has 1 saturated heterocycles. The molecule has 0 aliphatic carbocycles. The number of hydrogen-bond acceptors (Lipinski definition) is 3. The first-order valence-electron chi connectivity index (χ1n) is 10.4. The predicted molar refractivity (Wildman–Crippen MR) is 110 cm³/mol. The van der Waals surface area contributed by atoms with Crippen LogP contribution >= 0.6 is 0 Å².